The summed E-state index contributed by atoms with van der Waals surface area (Å²) in [5.41, 5.74) is 1.38. The van der Waals surface area contributed by atoms with Crippen LogP contribution in [0.15, 0.2) is 41.8 Å². The summed E-state index contributed by atoms with van der Waals surface area (Å²) in [7, 11) is 0. The molecule has 0 atom stereocenters. The predicted molar refractivity (Wildman–Crippen MR) is 78.7 cm³/mol. The lowest BCUT2D eigenvalue weighted by molar-refractivity contribution is -0.114. The van der Waals surface area contributed by atoms with Crippen molar-refractivity contribution in [3.63, 3.8) is 0 Å². The second-order valence-corrected chi connectivity index (χ2v) is 4.95. The number of anilines is 2. The van der Waals surface area contributed by atoms with Gasteiger partial charge in [0.1, 0.15) is 0 Å². The van der Waals surface area contributed by atoms with Crippen molar-refractivity contribution >= 4 is 35.0 Å². The topological polar surface area (TPSA) is 86.9 Å². The first-order valence-corrected chi connectivity index (χ1v) is 6.92. The predicted octanol–water partition coefficient (Wildman–Crippen LogP) is 2.10. The average Bonchev–Trinajstić information content (AvgIpc) is 2.91. The third-order valence-corrected chi connectivity index (χ3v) is 3.21. The summed E-state index contributed by atoms with van der Waals surface area (Å²) >= 11 is 1.33. The van der Waals surface area contributed by atoms with Crippen molar-refractivity contribution < 1.29 is 9.59 Å². The van der Waals surface area contributed by atoms with E-state index in [0.717, 1.165) is 0 Å². The van der Waals surface area contributed by atoms with E-state index in [1.807, 2.05) is 0 Å². The lowest BCUT2D eigenvalue weighted by Gasteiger charge is -2.06. The molecule has 0 aliphatic carbocycles. The zero-order valence-corrected chi connectivity index (χ0v) is 11.7. The number of hydrogen-bond donors (Lipinski definition) is 3. The number of aromatic nitrogens is 2. The van der Waals surface area contributed by atoms with Crippen molar-refractivity contribution in [1.29, 1.82) is 0 Å². The van der Waals surface area contributed by atoms with E-state index >= 15 is 0 Å². The van der Waals surface area contributed by atoms with Crippen molar-refractivity contribution in [2.75, 3.05) is 16.4 Å². The second kappa shape index (κ2) is 6.76. The number of nitrogens with zero attached hydrogens (tertiary/aromatic N) is 1. The van der Waals surface area contributed by atoms with E-state index in [1.165, 1.54) is 18.7 Å². The van der Waals surface area contributed by atoms with Crippen molar-refractivity contribution in [3.8, 4) is 0 Å². The standard InChI is InChI=1S/C13H14N4O2S/c1-9(18)16-10-2-4-11(5-3-10)17-12(19)8-20-13-14-6-7-15-13/h2-7H,8H2,1H3,(H,14,15)(H,16,18)(H,17,19). The van der Waals surface area contributed by atoms with E-state index < -0.39 is 0 Å². The number of imidazole rings is 1. The first-order chi connectivity index (χ1) is 9.63. The van der Waals surface area contributed by atoms with Crippen molar-refractivity contribution in [1.82, 2.24) is 9.97 Å². The first kappa shape index (κ1) is 14.1. The Balaban J connectivity index is 1.83. The number of nitrogens with one attached hydrogen (secondary N) is 3. The van der Waals surface area contributed by atoms with Crippen LogP contribution in [0, 0.1) is 0 Å². The van der Waals surface area contributed by atoms with Crippen LogP contribution in [-0.4, -0.2) is 27.5 Å². The molecule has 2 amide bonds. The fourth-order valence-corrected chi connectivity index (χ4v) is 2.13. The van der Waals surface area contributed by atoms with Gasteiger partial charge in [-0.2, -0.15) is 0 Å². The van der Waals surface area contributed by atoms with E-state index in [1.54, 1.807) is 36.7 Å². The van der Waals surface area contributed by atoms with E-state index in [-0.39, 0.29) is 17.6 Å². The van der Waals surface area contributed by atoms with Gasteiger partial charge in [0.25, 0.3) is 0 Å². The Morgan fingerprint density at radius 2 is 1.85 bits per heavy atom. The van der Waals surface area contributed by atoms with Gasteiger partial charge in [-0.25, -0.2) is 4.98 Å². The quantitative estimate of drug-likeness (QED) is 0.736. The maximum Gasteiger partial charge on any atom is 0.234 e. The van der Waals surface area contributed by atoms with Crippen molar-refractivity contribution in [3.05, 3.63) is 36.7 Å². The van der Waals surface area contributed by atoms with Gasteiger partial charge in [-0.1, -0.05) is 11.8 Å². The van der Waals surface area contributed by atoms with Gasteiger partial charge in [0.15, 0.2) is 5.16 Å². The van der Waals surface area contributed by atoms with Crippen LogP contribution in [0.5, 0.6) is 0 Å². The first-order valence-electron chi connectivity index (χ1n) is 5.93. The summed E-state index contributed by atoms with van der Waals surface area (Å²) in [4.78, 5) is 29.5. The molecule has 1 aromatic heterocycles. The van der Waals surface area contributed by atoms with E-state index in [4.69, 9.17) is 0 Å². The molecule has 0 spiro atoms. The van der Waals surface area contributed by atoms with Crippen molar-refractivity contribution in [2.45, 2.75) is 12.1 Å². The number of amides is 2. The third-order valence-electron chi connectivity index (χ3n) is 2.30. The molecule has 7 heteroatoms. The van der Waals surface area contributed by atoms with Crippen molar-refractivity contribution in [2.24, 2.45) is 0 Å². The van der Waals surface area contributed by atoms with E-state index in [2.05, 4.69) is 20.6 Å². The molecular weight excluding hydrogens is 276 g/mol. The molecule has 0 saturated carbocycles. The summed E-state index contributed by atoms with van der Waals surface area (Å²) in [6.07, 6.45) is 3.35. The Labute approximate surface area is 120 Å². The summed E-state index contributed by atoms with van der Waals surface area (Å²) in [6, 6.07) is 6.94. The van der Waals surface area contributed by atoms with Crippen LogP contribution in [0.4, 0.5) is 11.4 Å². The summed E-state index contributed by atoms with van der Waals surface area (Å²) in [5.74, 6) is 0.0383. The highest BCUT2D eigenvalue weighted by Gasteiger charge is 2.05. The number of carbonyl (C=O) groups is 2. The highest BCUT2D eigenvalue weighted by atomic mass is 32.2. The molecule has 1 aromatic carbocycles. The lowest BCUT2D eigenvalue weighted by Crippen LogP contribution is -2.14. The Kier molecular flexibility index (Phi) is 4.78. The second-order valence-electron chi connectivity index (χ2n) is 3.99. The average molecular weight is 290 g/mol. The fourth-order valence-electron chi connectivity index (χ4n) is 1.50. The van der Waals surface area contributed by atoms with Gasteiger partial charge in [-0.05, 0) is 24.3 Å². The summed E-state index contributed by atoms with van der Waals surface area (Å²) in [6.45, 7) is 1.45. The number of thioether (sulfide) groups is 1. The maximum absolute atomic E-state index is 11.7. The number of rotatable bonds is 5. The van der Waals surface area contributed by atoms with Gasteiger partial charge in [0, 0.05) is 30.7 Å². The molecule has 0 aliphatic rings. The number of aromatic amines is 1. The lowest BCUT2D eigenvalue weighted by atomic mass is 10.3. The molecule has 0 radical (unpaired) electrons. The smallest absolute Gasteiger partial charge is 0.234 e. The maximum atomic E-state index is 11.7. The molecule has 2 rings (SSSR count). The zero-order valence-electron chi connectivity index (χ0n) is 10.8. The highest BCUT2D eigenvalue weighted by Crippen LogP contribution is 2.15. The normalized spacial score (nSPS) is 10.1. The zero-order chi connectivity index (χ0) is 14.4. The van der Waals surface area contributed by atoms with Crippen LogP contribution in [-0.2, 0) is 9.59 Å². The van der Waals surface area contributed by atoms with E-state index in [0.29, 0.717) is 16.5 Å². The minimum Gasteiger partial charge on any atom is -0.340 e. The number of H-pyrrole nitrogens is 1. The number of benzene rings is 1. The minimum absolute atomic E-state index is 0.112. The molecular formula is C13H14N4O2S. The largest absolute Gasteiger partial charge is 0.340 e. The molecule has 0 saturated heterocycles. The Morgan fingerprint density at radius 1 is 1.20 bits per heavy atom. The van der Waals surface area contributed by atoms with Crippen LogP contribution in [0.1, 0.15) is 6.92 Å². The monoisotopic (exact) mass is 290 g/mol. The Morgan fingerprint density at radius 3 is 2.40 bits per heavy atom. The van der Waals surface area contributed by atoms with Gasteiger partial charge in [0.2, 0.25) is 11.8 Å². The van der Waals surface area contributed by atoms with Crippen LogP contribution in [0.2, 0.25) is 0 Å². The molecule has 20 heavy (non-hydrogen) atoms. The molecule has 0 aliphatic heterocycles. The summed E-state index contributed by atoms with van der Waals surface area (Å²) in [5, 5.41) is 6.14. The third kappa shape index (κ3) is 4.43. The molecule has 2 aromatic rings. The minimum atomic E-state index is -0.128. The number of carbonyl (C=O) groups excluding carboxylic acids is 2. The van der Waals surface area contributed by atoms with Crippen LogP contribution in [0.25, 0.3) is 0 Å². The van der Waals surface area contributed by atoms with Gasteiger partial charge >= 0.3 is 0 Å². The Hall–Kier alpha value is -2.28. The van der Waals surface area contributed by atoms with E-state index in [9.17, 15) is 9.59 Å². The van der Waals surface area contributed by atoms with Gasteiger partial charge in [-0.15, -0.1) is 0 Å². The van der Waals surface area contributed by atoms with Crippen LogP contribution in [0.3, 0.4) is 0 Å². The van der Waals surface area contributed by atoms with Crippen LogP contribution < -0.4 is 10.6 Å². The SMILES string of the molecule is CC(=O)Nc1ccc(NC(=O)CSc2ncc[nH]2)cc1. The molecule has 3 N–H and O–H groups in total. The summed E-state index contributed by atoms with van der Waals surface area (Å²) < 4.78 is 0. The molecule has 0 fully saturated rings. The molecule has 6 nitrogen and oxygen atoms in total. The van der Waals surface area contributed by atoms with Crippen LogP contribution >= 0.6 is 11.8 Å². The fraction of sp³-hybridized carbons (Fsp3) is 0.154. The molecule has 1 heterocycles. The molecule has 0 unspecified atom stereocenters. The highest BCUT2D eigenvalue weighted by molar-refractivity contribution is 7.99. The molecule has 0 bridgehead atoms. The molecule has 104 valence electrons. The van der Waals surface area contributed by atoms with Gasteiger partial charge in [-0.3, -0.25) is 9.59 Å². The van der Waals surface area contributed by atoms with Gasteiger partial charge < -0.3 is 15.6 Å². The number of hydrogen-bond acceptors (Lipinski definition) is 4. The Bertz CT molecular complexity index is 581. The van der Waals surface area contributed by atoms with Gasteiger partial charge in [0.05, 0.1) is 5.75 Å².